The molecule has 7 heteroatoms. The fraction of sp³-hybridized carbons (Fsp3) is 0.846. The van der Waals surface area contributed by atoms with Crippen molar-refractivity contribution < 1.29 is 19.4 Å². The lowest BCUT2D eigenvalue weighted by Crippen LogP contribution is -2.59. The first-order valence-electron chi connectivity index (χ1n) is 7.18. The third-order valence-corrected chi connectivity index (χ3v) is 5.40. The van der Waals surface area contributed by atoms with Crippen LogP contribution in [0, 0.1) is 0 Å². The predicted molar refractivity (Wildman–Crippen MR) is 74.7 cm³/mol. The molecule has 3 unspecified atom stereocenters. The average molecular weight is 300 g/mol. The number of nitrogens with zero attached hydrogens (tertiary/aromatic N) is 2. The van der Waals surface area contributed by atoms with Gasteiger partial charge in [0.05, 0.1) is 24.6 Å². The van der Waals surface area contributed by atoms with Crippen LogP contribution < -0.4 is 0 Å². The van der Waals surface area contributed by atoms with E-state index in [1.165, 1.54) is 16.7 Å². The summed E-state index contributed by atoms with van der Waals surface area (Å²) >= 11 is 1.51. The van der Waals surface area contributed by atoms with E-state index in [1.807, 2.05) is 4.90 Å². The van der Waals surface area contributed by atoms with E-state index >= 15 is 0 Å². The summed E-state index contributed by atoms with van der Waals surface area (Å²) in [5, 5.41) is 9.21. The smallest absolute Gasteiger partial charge is 0.327 e. The quantitative estimate of drug-likeness (QED) is 0.788. The van der Waals surface area contributed by atoms with Crippen molar-refractivity contribution in [3.63, 3.8) is 0 Å². The molecule has 3 fully saturated rings. The number of carboxylic acid groups (broad SMARTS) is 1. The van der Waals surface area contributed by atoms with E-state index in [4.69, 9.17) is 4.74 Å². The van der Waals surface area contributed by atoms with Gasteiger partial charge in [-0.2, -0.15) is 0 Å². The number of carbonyl (C=O) groups excluding carboxylic acids is 1. The summed E-state index contributed by atoms with van der Waals surface area (Å²) in [7, 11) is 0. The Morgan fingerprint density at radius 2 is 2.00 bits per heavy atom. The first-order chi connectivity index (χ1) is 9.68. The Kier molecular flexibility index (Phi) is 4.07. The van der Waals surface area contributed by atoms with Gasteiger partial charge in [0.2, 0.25) is 0 Å². The molecule has 112 valence electrons. The number of aliphatic carboxylic acids is 1. The molecule has 2 saturated heterocycles. The molecule has 0 aromatic heterocycles. The topological polar surface area (TPSA) is 70.1 Å². The van der Waals surface area contributed by atoms with E-state index < -0.39 is 12.0 Å². The Bertz CT molecular complexity index is 404. The van der Waals surface area contributed by atoms with Crippen molar-refractivity contribution in [1.29, 1.82) is 0 Å². The number of ether oxygens (including phenoxy) is 1. The molecule has 0 spiro atoms. The monoisotopic (exact) mass is 300 g/mol. The molecule has 2 aliphatic heterocycles. The first-order valence-corrected chi connectivity index (χ1v) is 8.33. The van der Waals surface area contributed by atoms with Gasteiger partial charge < -0.3 is 19.6 Å². The van der Waals surface area contributed by atoms with Gasteiger partial charge in [0.25, 0.3) is 0 Å². The molecule has 2 amide bonds. The van der Waals surface area contributed by atoms with Gasteiger partial charge >= 0.3 is 12.0 Å². The molecule has 1 saturated carbocycles. The van der Waals surface area contributed by atoms with E-state index in [-0.39, 0.29) is 18.2 Å². The van der Waals surface area contributed by atoms with Gasteiger partial charge in [0, 0.05) is 12.3 Å². The molecule has 2 heterocycles. The Balaban J connectivity index is 1.73. The summed E-state index contributed by atoms with van der Waals surface area (Å²) in [6, 6.07) is -0.676. The minimum Gasteiger partial charge on any atom is -0.480 e. The van der Waals surface area contributed by atoms with Gasteiger partial charge in [-0.15, -0.1) is 11.8 Å². The van der Waals surface area contributed by atoms with Gasteiger partial charge in [0.15, 0.2) is 0 Å². The van der Waals surface area contributed by atoms with E-state index in [0.717, 1.165) is 25.7 Å². The summed E-state index contributed by atoms with van der Waals surface area (Å²) in [6.45, 7) is 1.14. The number of amides is 2. The van der Waals surface area contributed by atoms with Gasteiger partial charge in [-0.05, 0) is 12.8 Å². The van der Waals surface area contributed by atoms with Crippen LogP contribution in [-0.4, -0.2) is 69.9 Å². The minimum absolute atomic E-state index is 0.123. The molecule has 0 aromatic carbocycles. The molecule has 1 aliphatic carbocycles. The summed E-state index contributed by atoms with van der Waals surface area (Å²) in [4.78, 5) is 27.3. The SMILES string of the molecule is O=C(O)C1CSCN1C(=O)N1CCOC2CCCCC21. The number of fused-ring (bicyclic) bond motifs is 1. The molecular weight excluding hydrogens is 280 g/mol. The molecular formula is C13H20N2O4S. The van der Waals surface area contributed by atoms with E-state index in [2.05, 4.69) is 0 Å². The van der Waals surface area contributed by atoms with E-state index in [0.29, 0.717) is 24.8 Å². The summed E-state index contributed by atoms with van der Waals surface area (Å²) in [6.07, 6.45) is 4.38. The number of hydrogen-bond donors (Lipinski definition) is 1. The van der Waals surface area contributed by atoms with Crippen molar-refractivity contribution in [2.45, 2.75) is 43.9 Å². The molecule has 6 nitrogen and oxygen atoms in total. The largest absolute Gasteiger partial charge is 0.480 e. The standard InChI is InChI=1S/C13H20N2O4S/c16-12(17)10-7-20-8-15(10)13(18)14-5-6-19-11-4-2-1-3-9(11)14/h9-11H,1-8H2,(H,16,17). The number of thioether (sulfide) groups is 1. The van der Waals surface area contributed by atoms with Crippen LogP contribution >= 0.6 is 11.8 Å². The molecule has 3 atom stereocenters. The van der Waals surface area contributed by atoms with Crippen molar-refractivity contribution in [2.24, 2.45) is 0 Å². The first kappa shape index (κ1) is 14.0. The number of carbonyl (C=O) groups is 2. The highest BCUT2D eigenvalue weighted by atomic mass is 32.2. The van der Waals surface area contributed by atoms with Crippen LogP contribution in [-0.2, 0) is 9.53 Å². The fourth-order valence-electron chi connectivity index (χ4n) is 3.33. The van der Waals surface area contributed by atoms with Crippen molar-refractivity contribution in [3.8, 4) is 0 Å². The number of rotatable bonds is 1. The predicted octanol–water partition coefficient (Wildman–Crippen LogP) is 1.21. The zero-order valence-electron chi connectivity index (χ0n) is 11.4. The lowest BCUT2D eigenvalue weighted by atomic mass is 9.90. The maximum Gasteiger partial charge on any atom is 0.327 e. The van der Waals surface area contributed by atoms with Crippen LogP contribution in [0.25, 0.3) is 0 Å². The zero-order chi connectivity index (χ0) is 14.1. The van der Waals surface area contributed by atoms with Crippen molar-refractivity contribution in [3.05, 3.63) is 0 Å². The Hall–Kier alpha value is -0.950. The van der Waals surface area contributed by atoms with E-state index in [9.17, 15) is 14.7 Å². The number of carboxylic acids is 1. The Morgan fingerprint density at radius 1 is 1.20 bits per heavy atom. The molecule has 0 aromatic rings. The summed E-state index contributed by atoms with van der Waals surface area (Å²) in [5.41, 5.74) is 0. The van der Waals surface area contributed by atoms with Gasteiger partial charge in [-0.1, -0.05) is 12.8 Å². The average Bonchev–Trinajstić information content (AvgIpc) is 2.95. The van der Waals surface area contributed by atoms with Crippen molar-refractivity contribution in [1.82, 2.24) is 9.80 Å². The fourth-order valence-corrected chi connectivity index (χ4v) is 4.47. The van der Waals surface area contributed by atoms with Crippen LogP contribution in [0.2, 0.25) is 0 Å². The number of urea groups is 1. The minimum atomic E-state index is -0.906. The van der Waals surface area contributed by atoms with Crippen LogP contribution in [0.5, 0.6) is 0 Å². The Labute approximate surface area is 122 Å². The third kappa shape index (κ3) is 2.48. The van der Waals surface area contributed by atoms with Gasteiger partial charge in [-0.3, -0.25) is 0 Å². The zero-order valence-corrected chi connectivity index (χ0v) is 12.2. The van der Waals surface area contributed by atoms with Gasteiger partial charge in [0.1, 0.15) is 6.04 Å². The molecule has 0 bridgehead atoms. The normalized spacial score (nSPS) is 33.9. The highest BCUT2D eigenvalue weighted by Gasteiger charge is 2.42. The van der Waals surface area contributed by atoms with Crippen molar-refractivity contribution >= 4 is 23.8 Å². The maximum atomic E-state index is 12.7. The highest BCUT2D eigenvalue weighted by Crippen LogP contribution is 2.31. The molecule has 3 rings (SSSR count). The highest BCUT2D eigenvalue weighted by molar-refractivity contribution is 7.99. The number of morpholine rings is 1. The van der Waals surface area contributed by atoms with Crippen LogP contribution in [0.1, 0.15) is 25.7 Å². The molecule has 0 radical (unpaired) electrons. The van der Waals surface area contributed by atoms with Crippen LogP contribution in [0.3, 0.4) is 0 Å². The molecule has 20 heavy (non-hydrogen) atoms. The lowest BCUT2D eigenvalue weighted by molar-refractivity contribution is -0.141. The Morgan fingerprint density at radius 3 is 2.80 bits per heavy atom. The second-order valence-electron chi connectivity index (χ2n) is 5.56. The molecule has 1 N–H and O–H groups in total. The number of hydrogen-bond acceptors (Lipinski definition) is 4. The second-order valence-corrected chi connectivity index (χ2v) is 6.56. The van der Waals surface area contributed by atoms with Gasteiger partial charge in [-0.25, -0.2) is 9.59 Å². The van der Waals surface area contributed by atoms with E-state index in [1.54, 1.807) is 0 Å². The lowest BCUT2D eigenvalue weighted by Gasteiger charge is -2.45. The maximum absolute atomic E-state index is 12.7. The van der Waals surface area contributed by atoms with Crippen molar-refractivity contribution in [2.75, 3.05) is 24.8 Å². The molecule has 3 aliphatic rings. The summed E-state index contributed by atoms with van der Waals surface area (Å²) in [5.74, 6) is 0.0566. The second kappa shape index (κ2) is 5.81. The van der Waals surface area contributed by atoms with Crippen LogP contribution in [0.4, 0.5) is 4.79 Å². The van der Waals surface area contributed by atoms with Crippen LogP contribution in [0.15, 0.2) is 0 Å². The summed E-state index contributed by atoms with van der Waals surface area (Å²) < 4.78 is 5.77. The third-order valence-electron chi connectivity index (χ3n) is 4.39.